The molecule has 7 nitrogen and oxygen atoms in total. The van der Waals surface area contributed by atoms with Gasteiger partial charge in [-0.05, 0) is 25.1 Å². The number of anilines is 2. The number of Topliss-reactive ketones (excluding diaryl/α,β-unsaturated/α-hetero) is 1. The van der Waals surface area contributed by atoms with Crippen molar-refractivity contribution in [3.05, 3.63) is 47.8 Å². The zero-order valence-electron chi connectivity index (χ0n) is 17.4. The Morgan fingerprint density at radius 2 is 1.63 bits per heavy atom. The molecule has 0 radical (unpaired) electrons. The minimum Gasteiger partial charge on any atom is -0.497 e. The van der Waals surface area contributed by atoms with Crippen LogP contribution in [0, 0.1) is 5.82 Å². The molecule has 1 fully saturated rings. The Hall–Kier alpha value is -3.13. The van der Waals surface area contributed by atoms with Crippen LogP contribution in [0.3, 0.4) is 0 Å². The maximum absolute atomic E-state index is 14.4. The van der Waals surface area contributed by atoms with E-state index in [-0.39, 0.29) is 18.2 Å². The van der Waals surface area contributed by atoms with Crippen molar-refractivity contribution in [2.75, 3.05) is 57.2 Å². The van der Waals surface area contributed by atoms with E-state index in [4.69, 9.17) is 9.47 Å². The van der Waals surface area contributed by atoms with Crippen LogP contribution in [0.5, 0.6) is 11.5 Å². The summed E-state index contributed by atoms with van der Waals surface area (Å²) in [5, 5.41) is 2.86. The minimum atomic E-state index is -0.402. The van der Waals surface area contributed by atoms with Crippen molar-refractivity contribution in [1.29, 1.82) is 0 Å². The largest absolute Gasteiger partial charge is 0.497 e. The topological polar surface area (TPSA) is 71.1 Å². The van der Waals surface area contributed by atoms with Crippen LogP contribution < -0.4 is 19.7 Å². The van der Waals surface area contributed by atoms with Gasteiger partial charge in [0.15, 0.2) is 5.78 Å². The van der Waals surface area contributed by atoms with Gasteiger partial charge in [-0.25, -0.2) is 4.39 Å². The number of hydrogen-bond donors (Lipinski definition) is 1. The zero-order chi connectivity index (χ0) is 21.7. The molecule has 0 unspecified atom stereocenters. The van der Waals surface area contributed by atoms with Crippen LogP contribution in [0.2, 0.25) is 0 Å². The lowest BCUT2D eigenvalue weighted by molar-refractivity contribution is -0.117. The highest BCUT2D eigenvalue weighted by Gasteiger charge is 2.21. The number of rotatable bonds is 7. The smallest absolute Gasteiger partial charge is 0.238 e. The molecule has 1 N–H and O–H groups in total. The number of benzene rings is 2. The minimum absolute atomic E-state index is 0.143. The third-order valence-corrected chi connectivity index (χ3v) is 5.07. The average molecular weight is 415 g/mol. The van der Waals surface area contributed by atoms with Gasteiger partial charge in [0.1, 0.15) is 17.3 Å². The number of nitrogens with zero attached hydrogens (tertiary/aromatic N) is 2. The molecule has 1 aliphatic heterocycles. The molecule has 1 saturated heterocycles. The first-order valence-electron chi connectivity index (χ1n) is 9.70. The fourth-order valence-corrected chi connectivity index (χ4v) is 3.41. The molecule has 30 heavy (non-hydrogen) atoms. The Bertz CT molecular complexity index is 904. The molecule has 3 rings (SSSR count). The second kappa shape index (κ2) is 9.58. The standard InChI is InChI=1S/C22H26FN3O4/c1-15(27)16-4-5-21(20(23)10-16)26-8-6-25(7-9-26)14-22(28)24-17-11-18(29-2)13-19(12-17)30-3/h4-5,10-13H,6-9,14H2,1-3H3,(H,24,28). The second-order valence-electron chi connectivity index (χ2n) is 7.14. The number of halogens is 1. The van der Waals surface area contributed by atoms with E-state index in [1.807, 2.05) is 9.80 Å². The van der Waals surface area contributed by atoms with Crippen LogP contribution in [0.15, 0.2) is 36.4 Å². The molecule has 0 saturated carbocycles. The maximum Gasteiger partial charge on any atom is 0.238 e. The molecule has 0 aromatic heterocycles. The highest BCUT2D eigenvalue weighted by Crippen LogP contribution is 2.26. The molecular formula is C22H26FN3O4. The van der Waals surface area contributed by atoms with E-state index in [2.05, 4.69) is 5.32 Å². The van der Waals surface area contributed by atoms with E-state index in [0.717, 1.165) is 0 Å². The van der Waals surface area contributed by atoms with Crippen LogP contribution >= 0.6 is 0 Å². The van der Waals surface area contributed by atoms with Gasteiger partial charge in [0.05, 0.1) is 26.5 Å². The van der Waals surface area contributed by atoms with E-state index in [1.165, 1.54) is 13.0 Å². The highest BCUT2D eigenvalue weighted by atomic mass is 19.1. The molecule has 0 bridgehead atoms. The summed E-state index contributed by atoms with van der Waals surface area (Å²) in [6, 6.07) is 9.75. The lowest BCUT2D eigenvalue weighted by Crippen LogP contribution is -2.48. The van der Waals surface area contributed by atoms with Crippen molar-refractivity contribution < 1.29 is 23.5 Å². The van der Waals surface area contributed by atoms with Gasteiger partial charge < -0.3 is 19.7 Å². The predicted molar refractivity (Wildman–Crippen MR) is 113 cm³/mol. The molecule has 1 amide bonds. The van der Waals surface area contributed by atoms with Gasteiger partial charge in [-0.15, -0.1) is 0 Å². The number of carbonyl (C=O) groups is 2. The number of amides is 1. The molecule has 0 aliphatic carbocycles. The summed E-state index contributed by atoms with van der Waals surface area (Å²) in [6.07, 6.45) is 0. The quantitative estimate of drug-likeness (QED) is 0.702. The van der Waals surface area contributed by atoms with Gasteiger partial charge in [-0.1, -0.05) is 0 Å². The Labute approximate surface area is 175 Å². The van der Waals surface area contributed by atoms with E-state index in [1.54, 1.807) is 44.6 Å². The molecule has 0 atom stereocenters. The van der Waals surface area contributed by atoms with Gasteiger partial charge in [0.2, 0.25) is 5.91 Å². The number of methoxy groups -OCH3 is 2. The monoisotopic (exact) mass is 415 g/mol. The van der Waals surface area contributed by atoms with Crippen LogP contribution in [0.4, 0.5) is 15.8 Å². The number of nitrogens with one attached hydrogen (secondary N) is 1. The number of carbonyl (C=O) groups excluding carboxylic acids is 2. The number of ketones is 1. The van der Waals surface area contributed by atoms with Crippen molar-refractivity contribution in [2.24, 2.45) is 0 Å². The van der Waals surface area contributed by atoms with Crippen LogP contribution in [0.25, 0.3) is 0 Å². The van der Waals surface area contributed by atoms with Crippen LogP contribution in [0.1, 0.15) is 17.3 Å². The molecule has 8 heteroatoms. The van der Waals surface area contributed by atoms with Crippen LogP contribution in [-0.4, -0.2) is 63.5 Å². The van der Waals surface area contributed by atoms with Gasteiger partial charge >= 0.3 is 0 Å². The number of ether oxygens (including phenoxy) is 2. The summed E-state index contributed by atoms with van der Waals surface area (Å²) >= 11 is 0. The summed E-state index contributed by atoms with van der Waals surface area (Å²) in [6.45, 7) is 4.09. The fraction of sp³-hybridized carbons (Fsp3) is 0.364. The van der Waals surface area contributed by atoms with E-state index < -0.39 is 5.82 Å². The zero-order valence-corrected chi connectivity index (χ0v) is 17.4. The fourth-order valence-electron chi connectivity index (χ4n) is 3.41. The summed E-state index contributed by atoms with van der Waals surface area (Å²) in [5.41, 5.74) is 1.44. The number of hydrogen-bond acceptors (Lipinski definition) is 6. The third kappa shape index (κ3) is 5.27. The van der Waals surface area contributed by atoms with Crippen molar-refractivity contribution in [3.63, 3.8) is 0 Å². The third-order valence-electron chi connectivity index (χ3n) is 5.07. The first-order valence-corrected chi connectivity index (χ1v) is 9.70. The van der Waals surface area contributed by atoms with Crippen molar-refractivity contribution in [3.8, 4) is 11.5 Å². The summed E-state index contributed by atoms with van der Waals surface area (Å²) in [5.74, 6) is 0.480. The average Bonchev–Trinajstić information content (AvgIpc) is 2.73. The molecule has 0 spiro atoms. The molecule has 160 valence electrons. The normalized spacial score (nSPS) is 14.3. The van der Waals surface area contributed by atoms with E-state index in [0.29, 0.717) is 54.6 Å². The maximum atomic E-state index is 14.4. The summed E-state index contributed by atoms with van der Waals surface area (Å²) < 4.78 is 24.8. The molecule has 1 aliphatic rings. The Morgan fingerprint density at radius 1 is 1.00 bits per heavy atom. The van der Waals surface area contributed by atoms with Crippen molar-refractivity contribution in [2.45, 2.75) is 6.92 Å². The predicted octanol–water partition coefficient (Wildman–Crippen LogP) is 2.81. The Morgan fingerprint density at radius 3 is 2.17 bits per heavy atom. The Kier molecular flexibility index (Phi) is 6.89. The van der Waals surface area contributed by atoms with E-state index >= 15 is 0 Å². The molecular weight excluding hydrogens is 389 g/mol. The highest BCUT2D eigenvalue weighted by molar-refractivity contribution is 5.94. The summed E-state index contributed by atoms with van der Waals surface area (Å²) in [7, 11) is 3.10. The molecule has 2 aromatic carbocycles. The molecule has 2 aromatic rings. The van der Waals surface area contributed by atoms with Gasteiger partial charge in [-0.3, -0.25) is 14.5 Å². The lowest BCUT2D eigenvalue weighted by Gasteiger charge is -2.35. The Balaban J connectivity index is 1.55. The van der Waals surface area contributed by atoms with Crippen molar-refractivity contribution in [1.82, 2.24) is 4.90 Å². The molecule has 1 heterocycles. The first kappa shape index (κ1) is 21.6. The first-order chi connectivity index (χ1) is 14.4. The lowest BCUT2D eigenvalue weighted by atomic mass is 10.1. The number of piperazine rings is 1. The van der Waals surface area contributed by atoms with Gasteiger partial charge in [0.25, 0.3) is 0 Å². The summed E-state index contributed by atoms with van der Waals surface area (Å²) in [4.78, 5) is 27.8. The SMILES string of the molecule is COc1cc(NC(=O)CN2CCN(c3ccc(C(C)=O)cc3F)CC2)cc(OC)c1. The van der Waals surface area contributed by atoms with Crippen molar-refractivity contribution >= 4 is 23.1 Å². The van der Waals surface area contributed by atoms with Gasteiger partial charge in [0, 0.05) is 55.6 Å². The second-order valence-corrected chi connectivity index (χ2v) is 7.14. The van der Waals surface area contributed by atoms with E-state index in [9.17, 15) is 14.0 Å². The van der Waals surface area contributed by atoms with Gasteiger partial charge in [-0.2, -0.15) is 0 Å². The van der Waals surface area contributed by atoms with Crippen LogP contribution in [-0.2, 0) is 4.79 Å².